The molecule has 6 nitrogen and oxygen atoms in total. The number of para-hydroxylation sites is 2. The van der Waals surface area contributed by atoms with Gasteiger partial charge in [-0.2, -0.15) is 0 Å². The molecule has 3 N–H and O–H groups in total. The van der Waals surface area contributed by atoms with Crippen LogP contribution in [-0.2, 0) is 14.7 Å². The van der Waals surface area contributed by atoms with Gasteiger partial charge < -0.3 is 5.32 Å². The summed E-state index contributed by atoms with van der Waals surface area (Å²) in [6.45, 7) is 0. The summed E-state index contributed by atoms with van der Waals surface area (Å²) in [5, 5.41) is 6.30. The first-order chi connectivity index (χ1) is 8.62. The third-order valence-electron chi connectivity index (χ3n) is 3.12. The van der Waals surface area contributed by atoms with Gasteiger partial charge in [-0.15, -0.1) is 0 Å². The van der Waals surface area contributed by atoms with Crippen LogP contribution in [0.2, 0.25) is 0 Å². The Morgan fingerprint density at radius 1 is 1.28 bits per heavy atom. The van der Waals surface area contributed by atoms with E-state index in [1.165, 1.54) is 0 Å². The maximum atomic E-state index is 11.4. The molecule has 0 amide bonds. The number of sulfone groups is 1. The van der Waals surface area contributed by atoms with E-state index < -0.39 is 16.2 Å². The molecule has 1 aromatic carbocycles. The molecule has 0 aromatic heterocycles. The molecule has 0 radical (unpaired) electrons. The van der Waals surface area contributed by atoms with Gasteiger partial charge in [0, 0.05) is 6.04 Å². The molecular formula is C11H15N3O3S. The number of benzene rings is 1. The van der Waals surface area contributed by atoms with Crippen LogP contribution in [0.3, 0.4) is 0 Å². The predicted molar refractivity (Wildman–Crippen MR) is 68.8 cm³/mol. The molecule has 2 heterocycles. The largest absolute Gasteiger partial charge is 0.344 e. The number of hydrogen-bond acceptors (Lipinski definition) is 6. The van der Waals surface area contributed by atoms with Gasteiger partial charge in [0.1, 0.15) is 0 Å². The van der Waals surface area contributed by atoms with Crippen molar-refractivity contribution < 1.29 is 13.3 Å². The normalized spacial score (nSPS) is 29.1. The number of hydrogen-bond donors (Lipinski definition) is 3. The summed E-state index contributed by atoms with van der Waals surface area (Å²) in [6.07, 6.45) is 0.212. The highest BCUT2D eigenvalue weighted by molar-refractivity contribution is 7.91. The number of rotatable bonds is 2. The van der Waals surface area contributed by atoms with E-state index in [2.05, 4.69) is 16.1 Å². The first-order valence-electron chi connectivity index (χ1n) is 5.86. The molecule has 0 unspecified atom stereocenters. The van der Waals surface area contributed by atoms with Crippen molar-refractivity contribution in [1.82, 2.24) is 5.32 Å². The quantitative estimate of drug-likeness (QED) is 0.726. The van der Waals surface area contributed by atoms with E-state index in [1.807, 2.05) is 24.3 Å². The molecule has 0 saturated carbocycles. The van der Waals surface area contributed by atoms with Crippen molar-refractivity contribution in [3.8, 4) is 0 Å². The molecule has 1 saturated heterocycles. The smallest absolute Gasteiger partial charge is 0.209 e. The van der Waals surface area contributed by atoms with Gasteiger partial charge in [-0.3, -0.25) is 10.8 Å². The second-order valence-corrected chi connectivity index (χ2v) is 6.79. The molecule has 1 aromatic rings. The first kappa shape index (κ1) is 11.8. The summed E-state index contributed by atoms with van der Waals surface area (Å²) >= 11 is 0. The minimum absolute atomic E-state index is 0.0560. The maximum Gasteiger partial charge on any atom is 0.209 e. The summed E-state index contributed by atoms with van der Waals surface area (Å²) < 4.78 is 22.7. The Morgan fingerprint density at radius 3 is 2.78 bits per heavy atom. The van der Waals surface area contributed by atoms with Crippen molar-refractivity contribution in [3.05, 3.63) is 24.3 Å². The topological polar surface area (TPSA) is 79.5 Å². The van der Waals surface area contributed by atoms with Crippen molar-refractivity contribution in [1.29, 1.82) is 0 Å². The van der Waals surface area contributed by atoms with Gasteiger partial charge in [-0.05, 0) is 18.6 Å². The second-order valence-electron chi connectivity index (χ2n) is 4.56. The Hall–Kier alpha value is -1.31. The van der Waals surface area contributed by atoms with Gasteiger partial charge in [0.15, 0.2) is 9.84 Å². The zero-order valence-corrected chi connectivity index (χ0v) is 10.5. The lowest BCUT2D eigenvalue weighted by Gasteiger charge is -2.29. The molecular weight excluding hydrogens is 254 g/mol. The average Bonchev–Trinajstić information content (AvgIpc) is 2.68. The van der Waals surface area contributed by atoms with Crippen LogP contribution in [0.5, 0.6) is 0 Å². The lowest BCUT2D eigenvalue weighted by molar-refractivity contribution is 0.0798. The van der Waals surface area contributed by atoms with Crippen molar-refractivity contribution in [2.75, 3.05) is 22.3 Å². The van der Waals surface area contributed by atoms with Crippen molar-refractivity contribution in [2.45, 2.75) is 18.8 Å². The Bertz CT molecular complexity index is 546. The fourth-order valence-corrected chi connectivity index (χ4v) is 3.89. The van der Waals surface area contributed by atoms with E-state index >= 15 is 0 Å². The predicted octanol–water partition coefficient (Wildman–Crippen LogP) is 0.516. The SMILES string of the molecule is O=S1(=O)CC[C@@H](N[C@@H]2Nc3ccccc3NO2)C1. The van der Waals surface area contributed by atoms with Crippen LogP contribution in [0.1, 0.15) is 6.42 Å². The second kappa shape index (κ2) is 4.42. The Kier molecular flexibility index (Phi) is 2.89. The summed E-state index contributed by atoms with van der Waals surface area (Å²) in [7, 11) is -2.87. The van der Waals surface area contributed by atoms with Crippen LogP contribution in [-0.4, -0.2) is 32.3 Å². The molecule has 2 aliphatic rings. The molecule has 0 bridgehead atoms. The van der Waals surface area contributed by atoms with Gasteiger partial charge in [-0.1, -0.05) is 12.1 Å². The monoisotopic (exact) mass is 269 g/mol. The molecule has 3 rings (SSSR count). The molecule has 98 valence electrons. The third kappa shape index (κ3) is 2.43. The van der Waals surface area contributed by atoms with E-state index in [0.717, 1.165) is 11.4 Å². The maximum absolute atomic E-state index is 11.4. The lowest BCUT2D eigenvalue weighted by Crippen LogP contribution is -2.48. The molecule has 0 aliphatic carbocycles. The Balaban J connectivity index is 1.63. The van der Waals surface area contributed by atoms with Crippen LogP contribution in [0.25, 0.3) is 0 Å². The van der Waals surface area contributed by atoms with Gasteiger partial charge in [0.25, 0.3) is 0 Å². The van der Waals surface area contributed by atoms with E-state index in [4.69, 9.17) is 4.84 Å². The molecule has 2 atom stereocenters. The summed E-state index contributed by atoms with van der Waals surface area (Å²) in [6, 6.07) is 7.62. The van der Waals surface area contributed by atoms with Crippen LogP contribution in [0, 0.1) is 0 Å². The number of nitrogens with one attached hydrogen (secondary N) is 3. The Labute approximate surface area is 106 Å². The summed E-state index contributed by atoms with van der Waals surface area (Å²) in [5.74, 6) is 0.428. The molecule has 7 heteroatoms. The minimum Gasteiger partial charge on any atom is -0.344 e. The Morgan fingerprint density at radius 2 is 2.06 bits per heavy atom. The molecule has 18 heavy (non-hydrogen) atoms. The average molecular weight is 269 g/mol. The first-order valence-corrected chi connectivity index (χ1v) is 7.68. The lowest BCUT2D eigenvalue weighted by atomic mass is 10.2. The van der Waals surface area contributed by atoms with E-state index in [1.54, 1.807) is 0 Å². The zero-order chi connectivity index (χ0) is 12.6. The standard InChI is InChI=1S/C11H15N3O3S/c15-18(16)6-5-8(7-18)12-11-13-9-3-1-2-4-10(9)14-17-11/h1-4,8,11-14H,5-7H2/t8-,11-/m1/s1. The highest BCUT2D eigenvalue weighted by Crippen LogP contribution is 2.25. The van der Waals surface area contributed by atoms with Gasteiger partial charge >= 0.3 is 0 Å². The molecule has 1 fully saturated rings. The number of anilines is 2. The van der Waals surface area contributed by atoms with Gasteiger partial charge in [0.05, 0.1) is 22.9 Å². The highest BCUT2D eigenvalue weighted by atomic mass is 32.2. The summed E-state index contributed by atoms with van der Waals surface area (Å²) in [5.41, 5.74) is 4.64. The fourth-order valence-electron chi connectivity index (χ4n) is 2.21. The van der Waals surface area contributed by atoms with E-state index in [0.29, 0.717) is 6.42 Å². The van der Waals surface area contributed by atoms with Crippen LogP contribution >= 0.6 is 0 Å². The van der Waals surface area contributed by atoms with E-state index in [-0.39, 0.29) is 17.5 Å². The van der Waals surface area contributed by atoms with E-state index in [9.17, 15) is 8.42 Å². The van der Waals surface area contributed by atoms with Crippen molar-refractivity contribution in [2.24, 2.45) is 0 Å². The van der Waals surface area contributed by atoms with Gasteiger partial charge in [-0.25, -0.2) is 13.3 Å². The van der Waals surface area contributed by atoms with Crippen LogP contribution in [0.4, 0.5) is 11.4 Å². The van der Waals surface area contributed by atoms with Crippen LogP contribution < -0.4 is 16.1 Å². The van der Waals surface area contributed by atoms with Gasteiger partial charge in [0.2, 0.25) is 6.35 Å². The van der Waals surface area contributed by atoms with Crippen molar-refractivity contribution in [3.63, 3.8) is 0 Å². The molecule has 0 spiro atoms. The zero-order valence-electron chi connectivity index (χ0n) is 9.72. The number of fused-ring (bicyclic) bond motifs is 1. The van der Waals surface area contributed by atoms with Crippen molar-refractivity contribution >= 4 is 21.2 Å². The highest BCUT2D eigenvalue weighted by Gasteiger charge is 2.30. The minimum atomic E-state index is -2.87. The fraction of sp³-hybridized carbons (Fsp3) is 0.455. The third-order valence-corrected chi connectivity index (χ3v) is 4.89. The molecule has 2 aliphatic heterocycles. The summed E-state index contributed by atoms with van der Waals surface area (Å²) in [4.78, 5) is 5.37. The van der Waals surface area contributed by atoms with Crippen LogP contribution in [0.15, 0.2) is 24.3 Å².